The number of nitrogens with one attached hydrogen (secondary N) is 1. The van der Waals surface area contributed by atoms with Crippen molar-refractivity contribution in [3.8, 4) is 5.75 Å². The lowest BCUT2D eigenvalue weighted by Gasteiger charge is -2.12. The van der Waals surface area contributed by atoms with E-state index in [9.17, 15) is 22.8 Å². The van der Waals surface area contributed by atoms with Gasteiger partial charge in [0.05, 0.1) is 11.3 Å². The van der Waals surface area contributed by atoms with Crippen molar-refractivity contribution in [1.29, 1.82) is 0 Å². The quantitative estimate of drug-likeness (QED) is 0.817. The predicted molar refractivity (Wildman–Crippen MR) is 65.3 cm³/mol. The molecule has 2 N–H and O–H groups in total. The molecule has 0 saturated carbocycles. The van der Waals surface area contributed by atoms with Gasteiger partial charge >= 0.3 is 18.4 Å². The third kappa shape index (κ3) is 5.43. The first-order valence-corrected chi connectivity index (χ1v) is 5.40. The van der Waals surface area contributed by atoms with E-state index in [0.717, 1.165) is 12.1 Å². The zero-order chi connectivity index (χ0) is 16.0. The summed E-state index contributed by atoms with van der Waals surface area (Å²) in [5.74, 6) is -2.26. The number of carboxylic acids is 1. The van der Waals surface area contributed by atoms with E-state index >= 15 is 0 Å². The first-order valence-electron chi connectivity index (χ1n) is 5.40. The maximum absolute atomic E-state index is 12.1. The predicted octanol–water partition coefficient (Wildman–Crippen LogP) is 3.02. The van der Waals surface area contributed by atoms with Crippen LogP contribution >= 0.6 is 0 Å². The Hall–Kier alpha value is -2.71. The van der Waals surface area contributed by atoms with Crippen LogP contribution in [0.25, 0.3) is 0 Å². The topological polar surface area (TPSA) is 84.9 Å². The van der Waals surface area contributed by atoms with Crippen molar-refractivity contribution in [3.63, 3.8) is 0 Å². The summed E-state index contributed by atoms with van der Waals surface area (Å²) < 4.78 is 44.3. The van der Waals surface area contributed by atoms with Crippen molar-refractivity contribution in [2.45, 2.75) is 6.36 Å². The van der Waals surface area contributed by atoms with E-state index in [2.05, 4.69) is 21.4 Å². The van der Waals surface area contributed by atoms with Gasteiger partial charge in [0.25, 0.3) is 0 Å². The van der Waals surface area contributed by atoms with Crippen LogP contribution in [0, 0.1) is 0 Å². The third-order valence-corrected chi connectivity index (χ3v) is 2.02. The summed E-state index contributed by atoms with van der Waals surface area (Å²) in [5.41, 5.74) is -0.807. The summed E-state index contributed by atoms with van der Waals surface area (Å²) in [6.07, 6.45) is -4.63. The fourth-order valence-corrected chi connectivity index (χ4v) is 1.29. The smallest absolute Gasteiger partial charge is 0.478 e. The van der Waals surface area contributed by atoms with Crippen LogP contribution in [0.3, 0.4) is 0 Å². The Morgan fingerprint density at radius 3 is 2.57 bits per heavy atom. The minimum atomic E-state index is -4.95. The van der Waals surface area contributed by atoms with Crippen LogP contribution in [0.4, 0.5) is 23.7 Å². The number of rotatable bonds is 5. The van der Waals surface area contributed by atoms with Gasteiger partial charge in [-0.25, -0.2) is 9.59 Å². The highest BCUT2D eigenvalue weighted by molar-refractivity contribution is 5.99. The molecule has 0 saturated heterocycles. The van der Waals surface area contributed by atoms with Gasteiger partial charge in [-0.05, 0) is 18.2 Å². The average molecular weight is 305 g/mol. The number of hydrogen-bond donors (Lipinski definition) is 2. The molecule has 6 nitrogen and oxygen atoms in total. The Morgan fingerprint density at radius 1 is 1.38 bits per heavy atom. The number of benzene rings is 1. The minimum Gasteiger partial charge on any atom is -0.478 e. The van der Waals surface area contributed by atoms with Gasteiger partial charge in [0.1, 0.15) is 12.4 Å². The number of hydrogen-bond acceptors (Lipinski definition) is 4. The van der Waals surface area contributed by atoms with Crippen LogP contribution in [0.15, 0.2) is 30.9 Å². The van der Waals surface area contributed by atoms with Crippen molar-refractivity contribution < 1.29 is 37.3 Å². The zero-order valence-corrected chi connectivity index (χ0v) is 10.4. The summed E-state index contributed by atoms with van der Waals surface area (Å²) in [4.78, 5) is 22.3. The zero-order valence-electron chi connectivity index (χ0n) is 10.4. The number of halogens is 3. The Kier molecular flexibility index (Phi) is 5.17. The molecule has 0 aromatic heterocycles. The summed E-state index contributed by atoms with van der Waals surface area (Å²) in [6.45, 7) is 3.20. The Labute approximate surface area is 116 Å². The molecule has 0 radical (unpaired) electrons. The Bertz CT molecular complexity index is 556. The molecule has 0 aliphatic heterocycles. The molecule has 0 aliphatic rings. The fraction of sp³-hybridized carbons (Fsp3) is 0.167. The number of amides is 1. The standard InChI is InChI=1S/C12H10F3NO5/c1-2-5-20-11(19)16-9-4-3-7(21-12(13,14)15)6-8(9)10(17)18/h2-4,6H,1,5H2,(H,16,19)(H,17,18). The molecule has 1 rings (SSSR count). The number of aromatic carboxylic acids is 1. The maximum atomic E-state index is 12.1. The number of ether oxygens (including phenoxy) is 2. The number of anilines is 1. The van der Waals surface area contributed by atoms with Gasteiger partial charge < -0.3 is 14.6 Å². The van der Waals surface area contributed by atoms with Crippen molar-refractivity contribution >= 4 is 17.7 Å². The van der Waals surface area contributed by atoms with Crippen LogP contribution in [-0.4, -0.2) is 30.1 Å². The van der Waals surface area contributed by atoms with E-state index in [1.165, 1.54) is 6.08 Å². The van der Waals surface area contributed by atoms with Gasteiger partial charge in [0.15, 0.2) is 0 Å². The molecule has 114 valence electrons. The highest BCUT2D eigenvalue weighted by atomic mass is 19.4. The fourth-order valence-electron chi connectivity index (χ4n) is 1.29. The van der Waals surface area contributed by atoms with Crippen LogP contribution in [0.1, 0.15) is 10.4 Å². The highest BCUT2D eigenvalue weighted by Gasteiger charge is 2.31. The van der Waals surface area contributed by atoms with E-state index in [4.69, 9.17) is 5.11 Å². The van der Waals surface area contributed by atoms with Crippen molar-refractivity contribution in [3.05, 3.63) is 36.4 Å². The molecule has 0 aliphatic carbocycles. The SMILES string of the molecule is C=CCOC(=O)Nc1ccc(OC(F)(F)F)cc1C(=O)O. The summed E-state index contributed by atoms with van der Waals surface area (Å²) in [6, 6.07) is 2.46. The molecule has 0 bridgehead atoms. The van der Waals surface area contributed by atoms with Crippen molar-refractivity contribution in [2.24, 2.45) is 0 Å². The molecular formula is C12H10F3NO5. The first-order chi connectivity index (χ1) is 9.73. The van der Waals surface area contributed by atoms with Crippen LogP contribution in [-0.2, 0) is 4.74 Å². The van der Waals surface area contributed by atoms with Gasteiger partial charge in [0.2, 0.25) is 0 Å². The molecule has 0 heterocycles. The minimum absolute atomic E-state index is 0.108. The van der Waals surface area contributed by atoms with E-state index < -0.39 is 29.7 Å². The second-order valence-corrected chi connectivity index (χ2v) is 3.57. The number of carboxylic acid groups (broad SMARTS) is 1. The lowest BCUT2D eigenvalue weighted by Crippen LogP contribution is -2.19. The van der Waals surface area contributed by atoms with E-state index in [-0.39, 0.29) is 12.3 Å². The largest absolute Gasteiger partial charge is 0.573 e. The molecule has 1 amide bonds. The van der Waals surface area contributed by atoms with E-state index in [1.54, 1.807) is 0 Å². The second-order valence-electron chi connectivity index (χ2n) is 3.57. The summed E-state index contributed by atoms with van der Waals surface area (Å²) in [5, 5.41) is 11.0. The third-order valence-electron chi connectivity index (χ3n) is 2.02. The maximum Gasteiger partial charge on any atom is 0.573 e. The molecule has 0 fully saturated rings. The first kappa shape index (κ1) is 16.3. The summed E-state index contributed by atoms with van der Waals surface area (Å²) in [7, 11) is 0. The molecule has 21 heavy (non-hydrogen) atoms. The molecule has 0 atom stereocenters. The monoisotopic (exact) mass is 305 g/mol. The van der Waals surface area contributed by atoms with E-state index in [1.807, 2.05) is 0 Å². The van der Waals surface area contributed by atoms with Gasteiger partial charge in [-0.3, -0.25) is 5.32 Å². The van der Waals surface area contributed by atoms with Gasteiger partial charge in [-0.1, -0.05) is 12.7 Å². The van der Waals surface area contributed by atoms with Crippen molar-refractivity contribution in [1.82, 2.24) is 0 Å². The Morgan fingerprint density at radius 2 is 2.05 bits per heavy atom. The van der Waals surface area contributed by atoms with Gasteiger partial charge in [-0.2, -0.15) is 0 Å². The van der Waals surface area contributed by atoms with Crippen LogP contribution in [0.5, 0.6) is 5.75 Å². The Balaban J connectivity index is 2.97. The van der Waals surface area contributed by atoms with Crippen LogP contribution in [0.2, 0.25) is 0 Å². The molecule has 1 aromatic carbocycles. The molecule has 1 aromatic rings. The number of alkyl halides is 3. The van der Waals surface area contributed by atoms with Gasteiger partial charge in [-0.15, -0.1) is 13.2 Å². The van der Waals surface area contributed by atoms with Gasteiger partial charge in [0, 0.05) is 0 Å². The van der Waals surface area contributed by atoms with Crippen LogP contribution < -0.4 is 10.1 Å². The number of carbonyl (C=O) groups excluding carboxylic acids is 1. The normalized spacial score (nSPS) is 10.6. The van der Waals surface area contributed by atoms with Crippen molar-refractivity contribution in [2.75, 3.05) is 11.9 Å². The summed E-state index contributed by atoms with van der Waals surface area (Å²) >= 11 is 0. The van der Waals surface area contributed by atoms with E-state index in [0.29, 0.717) is 6.07 Å². The molecule has 9 heteroatoms. The average Bonchev–Trinajstić information content (AvgIpc) is 2.36. The number of carbonyl (C=O) groups is 2. The molecular weight excluding hydrogens is 295 g/mol. The lowest BCUT2D eigenvalue weighted by atomic mass is 10.1. The second kappa shape index (κ2) is 6.64. The lowest BCUT2D eigenvalue weighted by molar-refractivity contribution is -0.274. The molecule has 0 spiro atoms. The highest BCUT2D eigenvalue weighted by Crippen LogP contribution is 2.27. The molecule has 0 unspecified atom stereocenters.